The Balaban J connectivity index is 0.00000208. The minimum Gasteiger partial charge on any atom is -0.454 e. The molecule has 2 unspecified atom stereocenters. The molecule has 1 aliphatic carbocycles. The Morgan fingerprint density at radius 2 is 2.08 bits per heavy atom. The van der Waals surface area contributed by atoms with Crippen LogP contribution in [0, 0.1) is 5.41 Å². The fourth-order valence-electron chi connectivity index (χ4n) is 3.21. The summed E-state index contributed by atoms with van der Waals surface area (Å²) in [5.41, 5.74) is 6.02. The lowest BCUT2D eigenvalue weighted by Gasteiger charge is -2.57. The molecule has 0 radical (unpaired) electrons. The standard InChI is InChI=1S/C17H24N2O4.ClH/c1-4-21-14-8-17(18,16(14,2)3)15(20)19-9-11-5-6-12-13(7-11)23-10-22-12;/h5-7,14H,4,8-10,18H2,1-3H3,(H,19,20);1H. The van der Waals surface area contributed by atoms with E-state index in [0.29, 0.717) is 25.3 Å². The number of halogens is 1. The van der Waals surface area contributed by atoms with E-state index in [1.165, 1.54) is 0 Å². The molecule has 0 spiro atoms. The Hall–Kier alpha value is -1.50. The van der Waals surface area contributed by atoms with E-state index in [4.69, 9.17) is 19.9 Å². The average molecular weight is 357 g/mol. The van der Waals surface area contributed by atoms with Crippen LogP contribution < -0.4 is 20.5 Å². The number of ether oxygens (including phenoxy) is 3. The molecule has 0 saturated heterocycles. The van der Waals surface area contributed by atoms with Crippen LogP contribution in [0.25, 0.3) is 0 Å². The highest BCUT2D eigenvalue weighted by Gasteiger charge is 2.62. The molecule has 24 heavy (non-hydrogen) atoms. The lowest BCUT2D eigenvalue weighted by Crippen LogP contribution is -2.75. The summed E-state index contributed by atoms with van der Waals surface area (Å²) in [6.45, 7) is 7.19. The van der Waals surface area contributed by atoms with Crippen molar-refractivity contribution in [1.29, 1.82) is 0 Å². The Labute approximate surface area is 148 Å². The largest absolute Gasteiger partial charge is 0.454 e. The molecule has 6 nitrogen and oxygen atoms in total. The summed E-state index contributed by atoms with van der Waals surface area (Å²) in [6.07, 6.45) is 0.565. The van der Waals surface area contributed by atoms with Crippen LogP contribution in [0.1, 0.15) is 32.8 Å². The molecular weight excluding hydrogens is 332 g/mol. The van der Waals surface area contributed by atoms with Gasteiger partial charge in [0.2, 0.25) is 12.7 Å². The molecule has 134 valence electrons. The van der Waals surface area contributed by atoms with Crippen molar-refractivity contribution in [3.05, 3.63) is 23.8 Å². The SMILES string of the molecule is CCOC1CC(N)(C(=O)NCc2ccc3c(c2)OCO3)C1(C)C.Cl. The zero-order valence-corrected chi connectivity index (χ0v) is 15.1. The number of hydrogen-bond donors (Lipinski definition) is 2. The first-order valence-electron chi connectivity index (χ1n) is 7.96. The van der Waals surface area contributed by atoms with Crippen molar-refractivity contribution in [2.45, 2.75) is 45.4 Å². The Bertz CT molecular complexity index is 623. The minimum atomic E-state index is -0.900. The van der Waals surface area contributed by atoms with E-state index in [1.807, 2.05) is 39.0 Å². The molecule has 0 bridgehead atoms. The van der Waals surface area contributed by atoms with Crippen LogP contribution in [-0.2, 0) is 16.1 Å². The molecule has 1 aromatic rings. The highest BCUT2D eigenvalue weighted by Crippen LogP contribution is 2.49. The van der Waals surface area contributed by atoms with Gasteiger partial charge in [0, 0.05) is 25.0 Å². The van der Waals surface area contributed by atoms with Crippen molar-refractivity contribution in [3.8, 4) is 11.5 Å². The summed E-state index contributed by atoms with van der Waals surface area (Å²) < 4.78 is 16.3. The molecule has 1 fully saturated rings. The van der Waals surface area contributed by atoms with E-state index >= 15 is 0 Å². The molecule has 2 aliphatic rings. The third kappa shape index (κ3) is 2.94. The van der Waals surface area contributed by atoms with Gasteiger partial charge in [-0.3, -0.25) is 4.79 Å². The number of benzene rings is 1. The fraction of sp³-hybridized carbons (Fsp3) is 0.588. The van der Waals surface area contributed by atoms with Crippen LogP contribution in [0.4, 0.5) is 0 Å². The lowest BCUT2D eigenvalue weighted by atomic mass is 9.54. The first-order valence-corrected chi connectivity index (χ1v) is 7.96. The minimum absolute atomic E-state index is 0. The molecule has 7 heteroatoms. The molecular formula is C17H25ClN2O4. The molecule has 1 aromatic carbocycles. The Morgan fingerprint density at radius 1 is 1.38 bits per heavy atom. The lowest BCUT2D eigenvalue weighted by molar-refractivity contribution is -0.170. The van der Waals surface area contributed by atoms with Crippen molar-refractivity contribution in [3.63, 3.8) is 0 Å². The first kappa shape index (κ1) is 18.8. The number of nitrogens with one attached hydrogen (secondary N) is 1. The zero-order valence-electron chi connectivity index (χ0n) is 14.3. The van der Waals surface area contributed by atoms with Gasteiger partial charge in [0.1, 0.15) is 5.54 Å². The normalized spacial score (nSPS) is 26.2. The van der Waals surface area contributed by atoms with E-state index in [1.54, 1.807) is 0 Å². The van der Waals surface area contributed by atoms with E-state index in [0.717, 1.165) is 11.3 Å². The van der Waals surface area contributed by atoms with E-state index in [2.05, 4.69) is 5.32 Å². The summed E-state index contributed by atoms with van der Waals surface area (Å²) in [5.74, 6) is 1.30. The van der Waals surface area contributed by atoms with Crippen LogP contribution >= 0.6 is 12.4 Å². The Morgan fingerprint density at radius 3 is 2.75 bits per heavy atom. The van der Waals surface area contributed by atoms with Gasteiger partial charge < -0.3 is 25.3 Å². The van der Waals surface area contributed by atoms with E-state index < -0.39 is 5.54 Å². The summed E-state index contributed by atoms with van der Waals surface area (Å²) in [6, 6.07) is 5.63. The average Bonchev–Trinajstić information content (AvgIpc) is 2.99. The van der Waals surface area contributed by atoms with Crippen LogP contribution in [0.15, 0.2) is 18.2 Å². The quantitative estimate of drug-likeness (QED) is 0.843. The predicted molar refractivity (Wildman–Crippen MR) is 92.4 cm³/mol. The van der Waals surface area contributed by atoms with Crippen molar-refractivity contribution >= 4 is 18.3 Å². The summed E-state index contributed by atoms with van der Waals surface area (Å²) in [7, 11) is 0. The topological polar surface area (TPSA) is 82.8 Å². The first-order chi connectivity index (χ1) is 10.9. The number of fused-ring (bicyclic) bond motifs is 1. The fourth-order valence-corrected chi connectivity index (χ4v) is 3.21. The van der Waals surface area contributed by atoms with Gasteiger partial charge in [-0.25, -0.2) is 0 Å². The number of amides is 1. The maximum absolute atomic E-state index is 12.6. The van der Waals surface area contributed by atoms with Gasteiger partial charge in [-0.05, 0) is 24.6 Å². The third-order valence-electron chi connectivity index (χ3n) is 5.13. The predicted octanol–water partition coefficient (Wildman–Crippen LogP) is 1.99. The van der Waals surface area contributed by atoms with Crippen LogP contribution in [0.2, 0.25) is 0 Å². The maximum atomic E-state index is 12.6. The highest BCUT2D eigenvalue weighted by atomic mass is 35.5. The molecule has 3 N–H and O–H groups in total. The maximum Gasteiger partial charge on any atom is 0.241 e. The summed E-state index contributed by atoms with van der Waals surface area (Å²) >= 11 is 0. The van der Waals surface area contributed by atoms with Crippen molar-refractivity contribution < 1.29 is 19.0 Å². The second-order valence-corrected chi connectivity index (χ2v) is 6.71. The molecule has 1 heterocycles. The molecule has 1 aliphatic heterocycles. The van der Waals surface area contributed by atoms with Crippen LogP contribution in [0.3, 0.4) is 0 Å². The smallest absolute Gasteiger partial charge is 0.241 e. The monoisotopic (exact) mass is 356 g/mol. The third-order valence-corrected chi connectivity index (χ3v) is 5.13. The number of carbonyl (C=O) groups excluding carboxylic acids is 1. The molecule has 1 saturated carbocycles. The van der Waals surface area contributed by atoms with Gasteiger partial charge >= 0.3 is 0 Å². The van der Waals surface area contributed by atoms with Gasteiger partial charge in [-0.2, -0.15) is 0 Å². The second-order valence-electron chi connectivity index (χ2n) is 6.71. The number of nitrogens with two attached hydrogens (primary N) is 1. The summed E-state index contributed by atoms with van der Waals surface area (Å²) in [5, 5.41) is 2.94. The number of rotatable bonds is 5. The van der Waals surface area contributed by atoms with Gasteiger partial charge in [0.25, 0.3) is 0 Å². The van der Waals surface area contributed by atoms with E-state index in [-0.39, 0.29) is 36.6 Å². The molecule has 3 rings (SSSR count). The van der Waals surface area contributed by atoms with Crippen molar-refractivity contribution in [1.82, 2.24) is 5.32 Å². The van der Waals surface area contributed by atoms with Gasteiger partial charge in [-0.15, -0.1) is 12.4 Å². The second kappa shape index (κ2) is 6.78. The number of carbonyl (C=O) groups is 1. The number of hydrogen-bond acceptors (Lipinski definition) is 5. The van der Waals surface area contributed by atoms with Gasteiger partial charge in [0.15, 0.2) is 11.5 Å². The van der Waals surface area contributed by atoms with Crippen molar-refractivity contribution in [2.24, 2.45) is 11.1 Å². The van der Waals surface area contributed by atoms with E-state index in [9.17, 15) is 4.79 Å². The Kier molecular flexibility index (Phi) is 5.32. The van der Waals surface area contributed by atoms with Crippen LogP contribution in [-0.4, -0.2) is 30.9 Å². The van der Waals surface area contributed by atoms with Gasteiger partial charge in [0.05, 0.1) is 6.10 Å². The van der Waals surface area contributed by atoms with Crippen molar-refractivity contribution in [2.75, 3.05) is 13.4 Å². The summed E-state index contributed by atoms with van der Waals surface area (Å²) in [4.78, 5) is 12.6. The molecule has 2 atom stereocenters. The van der Waals surface area contributed by atoms with Gasteiger partial charge in [-0.1, -0.05) is 19.9 Å². The zero-order chi connectivity index (χ0) is 16.7. The highest BCUT2D eigenvalue weighted by molar-refractivity contribution is 5.88. The van der Waals surface area contributed by atoms with Crippen LogP contribution in [0.5, 0.6) is 11.5 Å². The molecule has 1 amide bonds. The molecule has 0 aromatic heterocycles.